The van der Waals surface area contributed by atoms with Crippen LogP contribution in [0.4, 0.5) is 0 Å². The Bertz CT molecular complexity index is 3260. The van der Waals surface area contributed by atoms with Crippen molar-refractivity contribution in [3.05, 3.63) is 252 Å². The van der Waals surface area contributed by atoms with Crippen LogP contribution in [0.2, 0.25) is 0 Å². The van der Waals surface area contributed by atoms with E-state index >= 15 is 0 Å². The van der Waals surface area contributed by atoms with E-state index in [0.717, 1.165) is 33.6 Å². The molecule has 1 heterocycles. The monoisotopic (exact) mass is 790 g/mol. The first-order valence-electron chi connectivity index (χ1n) is 21.6. The Morgan fingerprint density at radius 2 is 0.758 bits per heavy atom. The molecule has 2 heteroatoms. The van der Waals surface area contributed by atoms with E-state index in [2.05, 4.69) is 208 Å². The summed E-state index contributed by atoms with van der Waals surface area (Å²) in [6, 6.07) is 79.7. The highest BCUT2D eigenvalue weighted by Crippen LogP contribution is 2.63. The smallest absolute Gasteiger partial charge is 0.160 e. The molecule has 0 saturated heterocycles. The highest BCUT2D eigenvalue weighted by Gasteiger charge is 2.53. The Balaban J connectivity index is 1.00. The molecule has 2 aliphatic rings. The summed E-state index contributed by atoms with van der Waals surface area (Å²) >= 11 is 0. The normalized spacial score (nSPS) is 13.9. The summed E-state index contributed by atoms with van der Waals surface area (Å²) in [6.45, 7) is 4.77. The molecule has 1 spiro atoms. The minimum Gasteiger partial charge on any atom is -0.228 e. The molecule has 0 aliphatic heterocycles. The molecule has 0 saturated carbocycles. The lowest BCUT2D eigenvalue weighted by Crippen LogP contribution is -2.40. The highest BCUT2D eigenvalue weighted by molar-refractivity contribution is 6.08. The fraction of sp³-hybridized carbons (Fsp3) is 0.0667. The molecule has 0 unspecified atom stereocenters. The van der Waals surface area contributed by atoms with Gasteiger partial charge in [0.25, 0.3) is 0 Å². The zero-order valence-electron chi connectivity index (χ0n) is 34.7. The molecule has 0 N–H and O–H groups in total. The van der Waals surface area contributed by atoms with Crippen molar-refractivity contribution in [2.45, 2.75) is 24.7 Å². The van der Waals surface area contributed by atoms with Gasteiger partial charge in [0.1, 0.15) is 0 Å². The second kappa shape index (κ2) is 13.9. The van der Waals surface area contributed by atoms with Crippen molar-refractivity contribution >= 4 is 10.8 Å². The van der Waals surface area contributed by atoms with Gasteiger partial charge in [-0.2, -0.15) is 0 Å². The van der Waals surface area contributed by atoms with Gasteiger partial charge in [0.2, 0.25) is 0 Å². The van der Waals surface area contributed by atoms with Crippen LogP contribution in [-0.2, 0) is 10.8 Å². The van der Waals surface area contributed by atoms with Gasteiger partial charge >= 0.3 is 0 Å². The third-order valence-corrected chi connectivity index (χ3v) is 13.6. The summed E-state index contributed by atoms with van der Waals surface area (Å²) in [5.74, 6) is 0.717. The Morgan fingerprint density at radius 1 is 0.306 bits per heavy atom. The number of benzene rings is 9. The molecule has 62 heavy (non-hydrogen) atoms. The van der Waals surface area contributed by atoms with Gasteiger partial charge in [-0.05, 0) is 83.6 Å². The molecule has 2 nitrogen and oxygen atoms in total. The lowest BCUT2D eigenvalue weighted by Gasteiger charge is -2.46. The summed E-state index contributed by atoms with van der Waals surface area (Å²) < 4.78 is 0. The molecule has 0 fully saturated rings. The van der Waals surface area contributed by atoms with Gasteiger partial charge in [-0.1, -0.05) is 226 Å². The van der Waals surface area contributed by atoms with Crippen molar-refractivity contribution in [3.63, 3.8) is 0 Å². The fourth-order valence-corrected chi connectivity index (χ4v) is 10.8. The summed E-state index contributed by atoms with van der Waals surface area (Å²) in [6.07, 6.45) is 0. The zero-order valence-corrected chi connectivity index (χ0v) is 34.7. The van der Waals surface area contributed by atoms with Crippen molar-refractivity contribution in [1.29, 1.82) is 0 Å². The first kappa shape index (κ1) is 36.2. The van der Waals surface area contributed by atoms with Crippen LogP contribution in [0, 0.1) is 0 Å². The number of rotatable bonds is 5. The van der Waals surface area contributed by atoms with Crippen molar-refractivity contribution in [2.75, 3.05) is 0 Å². The lowest BCUT2D eigenvalue weighted by atomic mass is 9.55. The second-order valence-corrected chi connectivity index (χ2v) is 17.2. The SMILES string of the molecule is CC1(C)c2ccccc2C2(c3ccccc3-c3c(-c4ccc(-c5ccc(-c6cc(-c7ccccc7)nc(-c7ccccc7)n6)cc5)c5ccccc45)cccc32)c2ccccc21. The first-order valence-corrected chi connectivity index (χ1v) is 21.6. The van der Waals surface area contributed by atoms with E-state index in [9.17, 15) is 0 Å². The Hall–Kier alpha value is -7.68. The van der Waals surface area contributed by atoms with Gasteiger partial charge in [-0.25, -0.2) is 9.97 Å². The lowest BCUT2D eigenvalue weighted by molar-refractivity contribution is 0.563. The van der Waals surface area contributed by atoms with Crippen LogP contribution in [0.3, 0.4) is 0 Å². The Labute approximate surface area is 362 Å². The molecule has 1 aromatic heterocycles. The number of fused-ring (bicyclic) bond motifs is 10. The molecule has 292 valence electrons. The van der Waals surface area contributed by atoms with Gasteiger partial charge in [-0.3, -0.25) is 0 Å². The predicted octanol–water partition coefficient (Wildman–Crippen LogP) is 15.0. The molecule has 10 aromatic rings. The maximum absolute atomic E-state index is 5.09. The minimum absolute atomic E-state index is 0.136. The van der Waals surface area contributed by atoms with E-state index in [-0.39, 0.29) is 5.41 Å². The van der Waals surface area contributed by atoms with Crippen molar-refractivity contribution in [3.8, 4) is 67.3 Å². The molecule has 2 aliphatic carbocycles. The molecule has 0 radical (unpaired) electrons. The van der Waals surface area contributed by atoms with Crippen LogP contribution >= 0.6 is 0 Å². The van der Waals surface area contributed by atoms with Crippen molar-refractivity contribution < 1.29 is 0 Å². The van der Waals surface area contributed by atoms with Gasteiger partial charge in [0.05, 0.1) is 16.8 Å². The van der Waals surface area contributed by atoms with E-state index in [1.165, 1.54) is 72.0 Å². The maximum Gasteiger partial charge on any atom is 0.160 e. The third-order valence-electron chi connectivity index (χ3n) is 13.6. The van der Waals surface area contributed by atoms with E-state index in [4.69, 9.17) is 9.97 Å². The molecule has 0 bridgehead atoms. The summed E-state index contributed by atoms with van der Waals surface area (Å²) in [5.41, 5.74) is 20.1. The molecular weight excluding hydrogens is 749 g/mol. The topological polar surface area (TPSA) is 25.8 Å². The molecular formula is C60H42N2. The van der Waals surface area contributed by atoms with Crippen molar-refractivity contribution in [1.82, 2.24) is 9.97 Å². The Morgan fingerprint density at radius 3 is 1.40 bits per heavy atom. The fourth-order valence-electron chi connectivity index (χ4n) is 10.8. The Kier molecular flexibility index (Phi) is 8.14. The van der Waals surface area contributed by atoms with Crippen LogP contribution in [-0.4, -0.2) is 9.97 Å². The second-order valence-electron chi connectivity index (χ2n) is 17.2. The number of nitrogens with zero attached hydrogens (tertiary/aromatic N) is 2. The van der Waals surface area contributed by atoms with Crippen LogP contribution < -0.4 is 0 Å². The van der Waals surface area contributed by atoms with Crippen LogP contribution in [0.15, 0.2) is 218 Å². The standard InChI is InChI=1S/C60H42N2/c1-59(2)50-27-13-15-29-52(50)60(53-30-16-14-28-51(53)59)49-26-12-11-24-48(49)57-47(25-17-31-54(57)60)46-37-36-43(44-22-9-10-23-45(44)46)39-32-34-41(35-33-39)56-38-55(40-18-5-3-6-19-40)61-58(62-56)42-20-7-4-8-21-42/h3-38H,1-2H3. The maximum atomic E-state index is 5.09. The molecule has 0 atom stereocenters. The van der Waals surface area contributed by atoms with Crippen molar-refractivity contribution in [2.24, 2.45) is 0 Å². The van der Waals surface area contributed by atoms with E-state index in [1.54, 1.807) is 0 Å². The summed E-state index contributed by atoms with van der Waals surface area (Å²) in [4.78, 5) is 10.1. The van der Waals surface area contributed by atoms with Gasteiger partial charge in [0.15, 0.2) is 5.82 Å². The molecule has 12 rings (SSSR count). The van der Waals surface area contributed by atoms with Crippen LogP contribution in [0.5, 0.6) is 0 Å². The zero-order chi connectivity index (χ0) is 41.4. The van der Waals surface area contributed by atoms with E-state index in [1.807, 2.05) is 24.3 Å². The molecule has 0 amide bonds. The number of aromatic nitrogens is 2. The third kappa shape index (κ3) is 5.29. The highest BCUT2D eigenvalue weighted by atomic mass is 14.9. The van der Waals surface area contributed by atoms with Gasteiger partial charge in [-0.15, -0.1) is 0 Å². The average Bonchev–Trinajstić information content (AvgIpc) is 3.65. The quantitative estimate of drug-likeness (QED) is 0.174. The average molecular weight is 791 g/mol. The van der Waals surface area contributed by atoms with Gasteiger partial charge < -0.3 is 0 Å². The van der Waals surface area contributed by atoms with Crippen LogP contribution in [0.25, 0.3) is 78.1 Å². The number of hydrogen-bond acceptors (Lipinski definition) is 2. The number of hydrogen-bond donors (Lipinski definition) is 0. The van der Waals surface area contributed by atoms with Crippen LogP contribution in [0.1, 0.15) is 47.2 Å². The summed E-state index contributed by atoms with van der Waals surface area (Å²) in [7, 11) is 0. The first-order chi connectivity index (χ1) is 30.5. The molecule has 9 aromatic carbocycles. The largest absolute Gasteiger partial charge is 0.228 e. The van der Waals surface area contributed by atoms with Gasteiger partial charge in [0, 0.05) is 22.1 Å². The van der Waals surface area contributed by atoms with E-state index in [0.29, 0.717) is 5.82 Å². The predicted molar refractivity (Wildman–Crippen MR) is 256 cm³/mol. The van der Waals surface area contributed by atoms with E-state index < -0.39 is 5.41 Å². The summed E-state index contributed by atoms with van der Waals surface area (Å²) in [5, 5.41) is 2.47. The minimum atomic E-state index is -0.435.